The summed E-state index contributed by atoms with van der Waals surface area (Å²) in [5.74, 6) is 0.401. The summed E-state index contributed by atoms with van der Waals surface area (Å²) in [4.78, 5) is 14.7. The fourth-order valence-corrected chi connectivity index (χ4v) is 4.27. The molecule has 1 atom stereocenters. The number of Topliss-reactive ketones (excluding diaryl/α,β-unsaturated/α-hetero) is 1. The number of rotatable bonds is 1. The predicted octanol–water partition coefficient (Wildman–Crippen LogP) is 5.06. The Hall–Kier alpha value is -1.12. The number of hydrogen-bond acceptors (Lipinski definition) is 2. The third kappa shape index (κ3) is 1.86. The van der Waals surface area contributed by atoms with Gasteiger partial charge in [0.25, 0.3) is 0 Å². The topological polar surface area (TPSA) is 17.1 Å². The first-order valence-electron chi connectivity index (χ1n) is 6.32. The molecule has 0 saturated heterocycles. The molecular weight excluding hydrogens is 276 g/mol. The standard InChI is InChI=1S/C16H15ClOS/c1-9-8-12-13(10-4-6-11(17)7-5-10)16(2,3)15(18)14(12)19-9/h4-8,13H,1-3H3. The second-order valence-electron chi connectivity index (χ2n) is 5.68. The van der Waals surface area contributed by atoms with Gasteiger partial charge in [-0.05, 0) is 36.2 Å². The molecule has 0 amide bonds. The van der Waals surface area contributed by atoms with Gasteiger partial charge >= 0.3 is 0 Å². The Balaban J connectivity index is 2.18. The Morgan fingerprint density at radius 2 is 1.84 bits per heavy atom. The van der Waals surface area contributed by atoms with E-state index in [0.717, 1.165) is 9.90 Å². The molecule has 19 heavy (non-hydrogen) atoms. The number of halogens is 1. The van der Waals surface area contributed by atoms with Crippen LogP contribution in [0.15, 0.2) is 30.3 Å². The average molecular weight is 291 g/mol. The van der Waals surface area contributed by atoms with E-state index in [1.807, 2.05) is 38.1 Å². The number of thiophene rings is 1. The van der Waals surface area contributed by atoms with Crippen LogP contribution in [0, 0.1) is 12.3 Å². The molecule has 1 aromatic heterocycles. The molecule has 3 rings (SSSR count). The van der Waals surface area contributed by atoms with Crippen LogP contribution in [0.5, 0.6) is 0 Å². The van der Waals surface area contributed by atoms with E-state index in [1.54, 1.807) is 11.3 Å². The van der Waals surface area contributed by atoms with Crippen LogP contribution in [0.1, 0.15) is 45.4 Å². The van der Waals surface area contributed by atoms with Gasteiger partial charge in [-0.3, -0.25) is 4.79 Å². The van der Waals surface area contributed by atoms with Crippen molar-refractivity contribution in [2.24, 2.45) is 5.41 Å². The van der Waals surface area contributed by atoms with E-state index in [9.17, 15) is 4.79 Å². The molecule has 1 nitrogen and oxygen atoms in total. The van der Waals surface area contributed by atoms with E-state index in [2.05, 4.69) is 13.0 Å². The molecule has 1 aliphatic carbocycles. The summed E-state index contributed by atoms with van der Waals surface area (Å²) in [6, 6.07) is 10.0. The van der Waals surface area contributed by atoms with Gasteiger partial charge in [-0.2, -0.15) is 0 Å². The van der Waals surface area contributed by atoms with E-state index in [-0.39, 0.29) is 17.1 Å². The predicted molar refractivity (Wildman–Crippen MR) is 80.5 cm³/mol. The van der Waals surface area contributed by atoms with Crippen LogP contribution in [-0.4, -0.2) is 5.78 Å². The molecule has 2 aromatic rings. The van der Waals surface area contributed by atoms with E-state index in [0.29, 0.717) is 0 Å². The molecule has 1 aromatic carbocycles. The summed E-state index contributed by atoms with van der Waals surface area (Å²) in [5.41, 5.74) is 1.97. The van der Waals surface area contributed by atoms with Gasteiger partial charge in [0.15, 0.2) is 5.78 Å². The van der Waals surface area contributed by atoms with Gasteiger partial charge in [0.05, 0.1) is 4.88 Å². The Morgan fingerprint density at radius 1 is 1.21 bits per heavy atom. The van der Waals surface area contributed by atoms with Crippen molar-refractivity contribution < 1.29 is 4.79 Å². The van der Waals surface area contributed by atoms with E-state index >= 15 is 0 Å². The fraction of sp³-hybridized carbons (Fsp3) is 0.312. The number of aryl methyl sites for hydroxylation is 1. The smallest absolute Gasteiger partial charge is 0.179 e. The lowest BCUT2D eigenvalue weighted by Crippen LogP contribution is -2.24. The summed E-state index contributed by atoms with van der Waals surface area (Å²) in [5, 5.41) is 0.729. The summed E-state index contributed by atoms with van der Waals surface area (Å²) in [6.45, 7) is 6.13. The van der Waals surface area contributed by atoms with Gasteiger partial charge in [0, 0.05) is 21.2 Å². The molecule has 0 N–H and O–H groups in total. The first kappa shape index (κ1) is 12.9. The lowest BCUT2D eigenvalue weighted by atomic mass is 9.75. The van der Waals surface area contributed by atoms with E-state index in [4.69, 9.17) is 11.6 Å². The highest BCUT2D eigenvalue weighted by Crippen LogP contribution is 2.52. The monoisotopic (exact) mass is 290 g/mol. The van der Waals surface area contributed by atoms with Crippen molar-refractivity contribution in [2.45, 2.75) is 26.7 Å². The molecule has 0 bridgehead atoms. The van der Waals surface area contributed by atoms with Crippen LogP contribution in [0.25, 0.3) is 0 Å². The second kappa shape index (κ2) is 4.19. The summed E-state index contributed by atoms with van der Waals surface area (Å²) >= 11 is 7.57. The van der Waals surface area contributed by atoms with Gasteiger partial charge in [-0.1, -0.05) is 37.6 Å². The minimum atomic E-state index is -0.372. The number of hydrogen-bond donors (Lipinski definition) is 0. The summed E-state index contributed by atoms with van der Waals surface area (Å²) in [7, 11) is 0. The molecule has 0 fully saturated rings. The van der Waals surface area contributed by atoms with Crippen molar-refractivity contribution in [1.29, 1.82) is 0 Å². The maximum absolute atomic E-state index is 12.6. The van der Waals surface area contributed by atoms with Crippen LogP contribution in [0.3, 0.4) is 0 Å². The number of fused-ring (bicyclic) bond motifs is 1. The Labute approximate surface area is 122 Å². The van der Waals surface area contributed by atoms with Crippen molar-refractivity contribution >= 4 is 28.7 Å². The molecule has 0 spiro atoms. The zero-order valence-electron chi connectivity index (χ0n) is 11.2. The van der Waals surface area contributed by atoms with Crippen molar-refractivity contribution in [1.82, 2.24) is 0 Å². The molecule has 1 unspecified atom stereocenters. The van der Waals surface area contributed by atoms with E-state index < -0.39 is 0 Å². The summed E-state index contributed by atoms with van der Waals surface area (Å²) in [6.07, 6.45) is 0. The highest BCUT2D eigenvalue weighted by molar-refractivity contribution is 7.14. The first-order chi connectivity index (χ1) is 8.91. The Bertz CT molecular complexity index is 652. The number of carbonyl (C=O) groups is 1. The molecule has 1 aliphatic rings. The number of carbonyl (C=O) groups excluding carboxylic acids is 1. The Morgan fingerprint density at radius 3 is 2.47 bits per heavy atom. The highest BCUT2D eigenvalue weighted by atomic mass is 35.5. The van der Waals surface area contributed by atoms with Gasteiger partial charge in [0.1, 0.15) is 0 Å². The zero-order chi connectivity index (χ0) is 13.8. The molecule has 1 heterocycles. The van der Waals surface area contributed by atoms with Gasteiger partial charge in [-0.25, -0.2) is 0 Å². The zero-order valence-corrected chi connectivity index (χ0v) is 12.7. The molecule has 0 aliphatic heterocycles. The lowest BCUT2D eigenvalue weighted by molar-refractivity contribution is 0.0850. The molecule has 0 radical (unpaired) electrons. The maximum Gasteiger partial charge on any atom is 0.179 e. The highest BCUT2D eigenvalue weighted by Gasteiger charge is 2.48. The van der Waals surface area contributed by atoms with Gasteiger partial charge in [0.2, 0.25) is 0 Å². The number of benzene rings is 1. The third-order valence-corrected chi connectivity index (χ3v) is 5.23. The molecular formula is C16H15ClOS. The molecule has 3 heteroatoms. The van der Waals surface area contributed by atoms with Crippen molar-refractivity contribution in [3.8, 4) is 0 Å². The lowest BCUT2D eigenvalue weighted by Gasteiger charge is -2.26. The van der Waals surface area contributed by atoms with Gasteiger partial charge in [-0.15, -0.1) is 11.3 Å². The normalized spacial score (nSPS) is 20.6. The van der Waals surface area contributed by atoms with Crippen LogP contribution >= 0.6 is 22.9 Å². The van der Waals surface area contributed by atoms with E-state index in [1.165, 1.54) is 16.0 Å². The van der Waals surface area contributed by atoms with Crippen LogP contribution < -0.4 is 0 Å². The quantitative estimate of drug-likeness (QED) is 0.717. The van der Waals surface area contributed by atoms with Crippen LogP contribution in [-0.2, 0) is 0 Å². The van der Waals surface area contributed by atoms with Crippen molar-refractivity contribution in [3.63, 3.8) is 0 Å². The van der Waals surface area contributed by atoms with Crippen LogP contribution in [0.2, 0.25) is 5.02 Å². The SMILES string of the molecule is Cc1cc2c(s1)C(=O)C(C)(C)C2c1ccc(Cl)cc1. The van der Waals surface area contributed by atoms with Crippen molar-refractivity contribution in [3.05, 3.63) is 56.2 Å². The van der Waals surface area contributed by atoms with Gasteiger partial charge < -0.3 is 0 Å². The minimum absolute atomic E-state index is 0.136. The second-order valence-corrected chi connectivity index (χ2v) is 7.37. The largest absolute Gasteiger partial charge is 0.293 e. The van der Waals surface area contributed by atoms with Crippen molar-refractivity contribution in [2.75, 3.05) is 0 Å². The number of ketones is 1. The Kier molecular flexibility index (Phi) is 2.84. The minimum Gasteiger partial charge on any atom is -0.293 e. The van der Waals surface area contributed by atoms with Crippen LogP contribution in [0.4, 0.5) is 0 Å². The fourth-order valence-electron chi connectivity index (χ4n) is 2.99. The summed E-state index contributed by atoms with van der Waals surface area (Å²) < 4.78 is 0. The maximum atomic E-state index is 12.6. The third-order valence-electron chi connectivity index (χ3n) is 3.91. The molecule has 98 valence electrons. The first-order valence-corrected chi connectivity index (χ1v) is 7.51. The molecule has 0 saturated carbocycles. The average Bonchev–Trinajstić information content (AvgIpc) is 2.79.